The molecule has 1 aromatic carbocycles. The lowest BCUT2D eigenvalue weighted by atomic mass is 9.87. The Hall–Kier alpha value is -1.88. The first-order chi connectivity index (χ1) is 9.44. The third-order valence-corrected chi connectivity index (χ3v) is 3.39. The monoisotopic (exact) mass is 278 g/mol. The number of hydrogen-bond donors (Lipinski definition) is 1. The Morgan fingerprint density at radius 1 is 1.50 bits per heavy atom. The average molecular weight is 278 g/mol. The maximum Gasteiger partial charge on any atom is 0.338 e. The highest BCUT2D eigenvalue weighted by atomic mass is 16.6. The molecular weight excluding hydrogens is 260 g/mol. The summed E-state index contributed by atoms with van der Waals surface area (Å²) in [4.78, 5) is 23.4. The lowest BCUT2D eigenvalue weighted by Crippen LogP contribution is -2.47. The van der Waals surface area contributed by atoms with Crippen LogP contribution in [-0.4, -0.2) is 35.4 Å². The van der Waals surface area contributed by atoms with Crippen molar-refractivity contribution in [3.8, 4) is 0 Å². The van der Waals surface area contributed by atoms with E-state index in [1.54, 1.807) is 19.1 Å². The van der Waals surface area contributed by atoms with Gasteiger partial charge in [0.15, 0.2) is 0 Å². The largest absolute Gasteiger partial charge is 0.466 e. The van der Waals surface area contributed by atoms with Crippen molar-refractivity contribution in [3.63, 3.8) is 0 Å². The van der Waals surface area contributed by atoms with Crippen LogP contribution in [0.5, 0.6) is 0 Å². The molecule has 2 atom stereocenters. The van der Waals surface area contributed by atoms with Gasteiger partial charge in [-0.2, -0.15) is 0 Å². The predicted octanol–water partition coefficient (Wildman–Crippen LogP) is 1.47. The molecule has 0 unspecified atom stereocenters. The molecule has 0 fully saturated rings. The first-order valence-electron chi connectivity index (χ1n) is 6.61. The smallest absolute Gasteiger partial charge is 0.338 e. The first kappa shape index (κ1) is 14.5. The van der Waals surface area contributed by atoms with Crippen molar-refractivity contribution < 1.29 is 24.2 Å². The van der Waals surface area contributed by atoms with Gasteiger partial charge in [-0.15, -0.1) is 0 Å². The summed E-state index contributed by atoms with van der Waals surface area (Å²) in [6.07, 6.45) is -0.579. The lowest BCUT2D eigenvalue weighted by Gasteiger charge is -2.34. The van der Waals surface area contributed by atoms with Crippen molar-refractivity contribution in [2.24, 2.45) is 0 Å². The summed E-state index contributed by atoms with van der Waals surface area (Å²) in [5, 5.41) is 10.4. The molecule has 0 spiro atoms. The molecule has 0 aliphatic carbocycles. The molecule has 0 amide bonds. The van der Waals surface area contributed by atoms with Crippen LogP contribution in [-0.2, 0) is 20.7 Å². The Morgan fingerprint density at radius 2 is 2.20 bits per heavy atom. The number of aliphatic hydroxyl groups is 1. The fraction of sp³-hybridized carbons (Fsp3) is 0.467. The van der Waals surface area contributed by atoms with E-state index in [2.05, 4.69) is 0 Å². The maximum atomic E-state index is 11.9. The van der Waals surface area contributed by atoms with Crippen LogP contribution in [0.4, 0.5) is 0 Å². The molecule has 108 valence electrons. The van der Waals surface area contributed by atoms with Gasteiger partial charge in [-0.3, -0.25) is 4.79 Å². The SMILES string of the molecule is CCOC(=O)C[C@](C)(O)[C@@H]1Cc2ccccc2C(=O)O1. The zero-order chi connectivity index (χ0) is 14.8. The third-order valence-electron chi connectivity index (χ3n) is 3.39. The average Bonchev–Trinajstić information content (AvgIpc) is 2.38. The van der Waals surface area contributed by atoms with Crippen molar-refractivity contribution in [3.05, 3.63) is 35.4 Å². The molecule has 0 bridgehead atoms. The van der Waals surface area contributed by atoms with Gasteiger partial charge in [-0.25, -0.2) is 4.79 Å². The molecule has 5 heteroatoms. The summed E-state index contributed by atoms with van der Waals surface area (Å²) in [5.41, 5.74) is -0.122. The molecule has 20 heavy (non-hydrogen) atoms. The van der Waals surface area contributed by atoms with Crippen LogP contribution in [0.1, 0.15) is 36.2 Å². The van der Waals surface area contributed by atoms with E-state index in [9.17, 15) is 14.7 Å². The molecule has 1 N–H and O–H groups in total. The number of cyclic esters (lactones) is 1. The van der Waals surface area contributed by atoms with E-state index in [0.717, 1.165) is 5.56 Å². The van der Waals surface area contributed by atoms with E-state index in [1.165, 1.54) is 6.92 Å². The molecule has 0 saturated carbocycles. The normalized spacial score (nSPS) is 20.6. The Kier molecular flexibility index (Phi) is 4.09. The molecule has 0 aromatic heterocycles. The second-order valence-electron chi connectivity index (χ2n) is 5.09. The number of fused-ring (bicyclic) bond motifs is 1. The van der Waals surface area contributed by atoms with Crippen LogP contribution in [0.3, 0.4) is 0 Å². The van der Waals surface area contributed by atoms with Crippen molar-refractivity contribution in [1.82, 2.24) is 0 Å². The van der Waals surface area contributed by atoms with E-state index >= 15 is 0 Å². The Balaban J connectivity index is 2.15. The van der Waals surface area contributed by atoms with E-state index in [-0.39, 0.29) is 13.0 Å². The molecule has 0 radical (unpaired) electrons. The topological polar surface area (TPSA) is 72.8 Å². The van der Waals surface area contributed by atoms with Gasteiger partial charge in [0.05, 0.1) is 18.6 Å². The van der Waals surface area contributed by atoms with Crippen LogP contribution in [0, 0.1) is 0 Å². The minimum Gasteiger partial charge on any atom is -0.466 e. The zero-order valence-electron chi connectivity index (χ0n) is 11.6. The van der Waals surface area contributed by atoms with Gasteiger partial charge < -0.3 is 14.6 Å². The number of rotatable bonds is 4. The summed E-state index contributed by atoms with van der Waals surface area (Å²) in [6, 6.07) is 7.10. The second kappa shape index (κ2) is 5.63. The summed E-state index contributed by atoms with van der Waals surface area (Å²) in [7, 11) is 0. The number of esters is 2. The van der Waals surface area contributed by atoms with Gasteiger partial charge in [0.2, 0.25) is 0 Å². The second-order valence-corrected chi connectivity index (χ2v) is 5.09. The van der Waals surface area contributed by atoms with Crippen molar-refractivity contribution in [1.29, 1.82) is 0 Å². The predicted molar refractivity (Wildman–Crippen MR) is 71.2 cm³/mol. The minimum absolute atomic E-state index is 0.207. The molecule has 1 aromatic rings. The molecular formula is C15H18O5. The van der Waals surface area contributed by atoms with Crippen molar-refractivity contribution in [2.75, 3.05) is 6.61 Å². The number of benzene rings is 1. The van der Waals surface area contributed by atoms with E-state index < -0.39 is 23.6 Å². The van der Waals surface area contributed by atoms with Crippen molar-refractivity contribution in [2.45, 2.75) is 38.4 Å². The van der Waals surface area contributed by atoms with Crippen LogP contribution >= 0.6 is 0 Å². The van der Waals surface area contributed by atoms with Crippen LogP contribution < -0.4 is 0 Å². The minimum atomic E-state index is -1.45. The number of hydrogen-bond acceptors (Lipinski definition) is 5. The van der Waals surface area contributed by atoms with E-state index in [0.29, 0.717) is 12.0 Å². The Morgan fingerprint density at radius 3 is 2.90 bits per heavy atom. The summed E-state index contributed by atoms with van der Waals surface area (Å²) < 4.78 is 10.1. The van der Waals surface area contributed by atoms with Gasteiger partial charge in [0.1, 0.15) is 11.7 Å². The molecule has 1 aliphatic heterocycles. The van der Waals surface area contributed by atoms with Crippen molar-refractivity contribution >= 4 is 11.9 Å². The molecule has 2 rings (SSSR count). The summed E-state index contributed by atoms with van der Waals surface area (Å²) >= 11 is 0. The first-order valence-corrected chi connectivity index (χ1v) is 6.61. The van der Waals surface area contributed by atoms with Gasteiger partial charge in [0, 0.05) is 6.42 Å². The number of carbonyl (C=O) groups excluding carboxylic acids is 2. The highest BCUT2D eigenvalue weighted by Gasteiger charge is 2.41. The van der Waals surface area contributed by atoms with E-state index in [1.807, 2.05) is 12.1 Å². The number of ether oxygens (including phenoxy) is 2. The molecule has 5 nitrogen and oxygen atoms in total. The highest BCUT2D eigenvalue weighted by Crippen LogP contribution is 2.28. The van der Waals surface area contributed by atoms with Gasteiger partial charge in [0.25, 0.3) is 0 Å². The standard InChI is InChI=1S/C15H18O5/c1-3-19-13(16)9-15(2,18)12-8-10-6-4-5-7-11(10)14(17)20-12/h4-7,12,18H,3,8-9H2,1-2H3/t12-,15-/m0/s1. The van der Waals surface area contributed by atoms with E-state index in [4.69, 9.17) is 9.47 Å². The molecule has 1 heterocycles. The van der Waals surface area contributed by atoms with Crippen LogP contribution in [0.25, 0.3) is 0 Å². The molecule has 1 aliphatic rings. The van der Waals surface area contributed by atoms with Crippen LogP contribution in [0.2, 0.25) is 0 Å². The maximum absolute atomic E-state index is 11.9. The highest BCUT2D eigenvalue weighted by molar-refractivity contribution is 5.92. The quantitative estimate of drug-likeness (QED) is 0.844. The fourth-order valence-electron chi connectivity index (χ4n) is 2.30. The van der Waals surface area contributed by atoms with Crippen LogP contribution in [0.15, 0.2) is 24.3 Å². The summed E-state index contributed by atoms with van der Waals surface area (Å²) in [5.74, 6) is -0.978. The Labute approximate surface area is 117 Å². The number of carbonyl (C=O) groups is 2. The van der Waals surface area contributed by atoms with Gasteiger partial charge in [-0.05, 0) is 25.5 Å². The Bertz CT molecular complexity index is 521. The molecule has 0 saturated heterocycles. The third kappa shape index (κ3) is 2.99. The van der Waals surface area contributed by atoms with Gasteiger partial charge in [-0.1, -0.05) is 18.2 Å². The zero-order valence-corrected chi connectivity index (χ0v) is 11.6. The summed E-state index contributed by atoms with van der Waals surface area (Å²) in [6.45, 7) is 3.43. The fourth-order valence-corrected chi connectivity index (χ4v) is 2.30. The van der Waals surface area contributed by atoms with Gasteiger partial charge >= 0.3 is 11.9 Å². The lowest BCUT2D eigenvalue weighted by molar-refractivity contribution is -0.154.